The number of ketones is 1. The molecule has 1 saturated heterocycles. The van der Waals surface area contributed by atoms with E-state index in [2.05, 4.69) is 17.6 Å². The van der Waals surface area contributed by atoms with E-state index in [4.69, 9.17) is 4.42 Å². The fourth-order valence-corrected chi connectivity index (χ4v) is 4.87. The van der Waals surface area contributed by atoms with Crippen molar-refractivity contribution in [2.45, 2.75) is 89.8 Å². The molecule has 3 rings (SSSR count). The van der Waals surface area contributed by atoms with Crippen LogP contribution in [0.4, 0.5) is 0 Å². The van der Waals surface area contributed by atoms with E-state index in [-0.39, 0.29) is 35.9 Å². The Morgan fingerprint density at radius 1 is 1.23 bits per heavy atom. The molecule has 0 unspecified atom stereocenters. The lowest BCUT2D eigenvalue weighted by Crippen LogP contribution is -2.55. The van der Waals surface area contributed by atoms with Crippen molar-refractivity contribution < 1.29 is 18.8 Å². The predicted octanol–water partition coefficient (Wildman–Crippen LogP) is 3.30. The number of Topliss-reactive ketones (excluding diaryl/α,β-unsaturated/α-hetero) is 1. The fourth-order valence-electron chi connectivity index (χ4n) is 4.87. The Kier molecular flexibility index (Phi) is 8.69. The second-order valence-electron chi connectivity index (χ2n) is 9.12. The fraction of sp³-hybridized carbons (Fsp3) is 0.708. The first-order valence-electron chi connectivity index (χ1n) is 11.9. The summed E-state index contributed by atoms with van der Waals surface area (Å²) < 4.78 is 5.24. The Morgan fingerprint density at radius 2 is 2.00 bits per heavy atom. The molecule has 1 aromatic rings. The van der Waals surface area contributed by atoms with Gasteiger partial charge in [-0.05, 0) is 50.7 Å². The van der Waals surface area contributed by atoms with Gasteiger partial charge in [0.2, 0.25) is 5.91 Å². The Balaban J connectivity index is 1.80. The lowest BCUT2D eigenvalue weighted by atomic mass is 9.84. The maximum Gasteiger partial charge on any atom is 0.287 e. The Labute approximate surface area is 185 Å². The zero-order chi connectivity index (χ0) is 22.2. The first-order valence-corrected chi connectivity index (χ1v) is 11.9. The van der Waals surface area contributed by atoms with Crippen molar-refractivity contribution in [1.29, 1.82) is 0 Å². The molecule has 2 fully saturated rings. The zero-order valence-corrected chi connectivity index (χ0v) is 18.9. The third-order valence-corrected chi connectivity index (χ3v) is 6.64. The summed E-state index contributed by atoms with van der Waals surface area (Å²) in [5, 5.41) is 6.17. The maximum atomic E-state index is 13.8. The van der Waals surface area contributed by atoms with E-state index in [0.717, 1.165) is 25.7 Å². The van der Waals surface area contributed by atoms with Crippen molar-refractivity contribution in [3.8, 4) is 0 Å². The Bertz CT molecular complexity index is 727. The van der Waals surface area contributed by atoms with E-state index in [1.54, 1.807) is 17.0 Å². The molecular formula is C24H37N3O4. The normalized spacial score (nSPS) is 23.7. The zero-order valence-electron chi connectivity index (χ0n) is 18.9. The molecule has 0 radical (unpaired) electrons. The Morgan fingerprint density at radius 3 is 2.68 bits per heavy atom. The van der Waals surface area contributed by atoms with Gasteiger partial charge in [0, 0.05) is 12.6 Å². The number of furan rings is 1. The maximum absolute atomic E-state index is 13.8. The van der Waals surface area contributed by atoms with Gasteiger partial charge in [-0.3, -0.25) is 14.4 Å². The van der Waals surface area contributed by atoms with Crippen LogP contribution in [-0.2, 0) is 9.59 Å². The highest BCUT2D eigenvalue weighted by molar-refractivity contribution is 5.97. The second kappa shape index (κ2) is 11.5. The highest BCUT2D eigenvalue weighted by Crippen LogP contribution is 2.28. The first-order chi connectivity index (χ1) is 15.0. The lowest BCUT2D eigenvalue weighted by Gasteiger charge is -2.35. The molecule has 2 heterocycles. The standard InChI is InChI=1S/C24H37N3O4/c1-3-13-27(20-12-11-17(2)25-16-21(20)28)24(30)19(15-18-8-5-4-6-9-18)26-23(29)22-10-7-14-31-22/h7,10,14,17-20,25H,3-6,8-9,11-13,15-16H2,1-2H3,(H,26,29)/t17-,19+,20+/m1/s1. The quantitative estimate of drug-likeness (QED) is 0.659. The van der Waals surface area contributed by atoms with Crippen molar-refractivity contribution in [2.75, 3.05) is 13.1 Å². The van der Waals surface area contributed by atoms with Gasteiger partial charge in [0.05, 0.1) is 18.8 Å². The van der Waals surface area contributed by atoms with Crippen LogP contribution in [-0.4, -0.2) is 53.7 Å². The summed E-state index contributed by atoms with van der Waals surface area (Å²) in [6.45, 7) is 4.88. The smallest absolute Gasteiger partial charge is 0.287 e. The summed E-state index contributed by atoms with van der Waals surface area (Å²) in [7, 11) is 0. The third-order valence-electron chi connectivity index (χ3n) is 6.64. The number of carbonyl (C=O) groups is 3. The number of nitrogens with one attached hydrogen (secondary N) is 2. The van der Waals surface area contributed by atoms with E-state index in [1.165, 1.54) is 25.5 Å². The predicted molar refractivity (Wildman–Crippen MR) is 119 cm³/mol. The minimum absolute atomic E-state index is 0.0555. The number of hydrogen-bond donors (Lipinski definition) is 2. The van der Waals surface area contributed by atoms with Crippen LogP contribution in [0.1, 0.15) is 82.2 Å². The number of nitrogens with zero attached hydrogens (tertiary/aromatic N) is 1. The topological polar surface area (TPSA) is 91.7 Å². The summed E-state index contributed by atoms with van der Waals surface area (Å²) in [5.41, 5.74) is 0. The minimum atomic E-state index is -0.645. The van der Waals surface area contributed by atoms with Gasteiger partial charge in [0.15, 0.2) is 11.5 Å². The van der Waals surface area contributed by atoms with E-state index < -0.39 is 12.1 Å². The molecule has 172 valence electrons. The second-order valence-corrected chi connectivity index (χ2v) is 9.12. The van der Waals surface area contributed by atoms with Gasteiger partial charge in [-0.1, -0.05) is 39.0 Å². The first kappa shape index (κ1) is 23.5. The molecule has 1 aromatic heterocycles. The van der Waals surface area contributed by atoms with E-state index >= 15 is 0 Å². The number of rotatable bonds is 8. The van der Waals surface area contributed by atoms with Crippen LogP contribution in [0.3, 0.4) is 0 Å². The van der Waals surface area contributed by atoms with Crippen LogP contribution in [0, 0.1) is 5.92 Å². The molecule has 1 aliphatic carbocycles. The largest absolute Gasteiger partial charge is 0.459 e. The van der Waals surface area contributed by atoms with E-state index in [1.807, 2.05) is 6.92 Å². The van der Waals surface area contributed by atoms with Gasteiger partial charge in [-0.15, -0.1) is 0 Å². The average molecular weight is 432 g/mol. The molecule has 3 atom stereocenters. The molecule has 1 aliphatic heterocycles. The molecule has 2 aliphatic rings. The van der Waals surface area contributed by atoms with Crippen LogP contribution in [0.2, 0.25) is 0 Å². The van der Waals surface area contributed by atoms with E-state index in [9.17, 15) is 14.4 Å². The highest BCUT2D eigenvalue weighted by Gasteiger charge is 2.36. The SMILES string of the molecule is CCCN(C(=O)[C@H](CC1CCCCC1)NC(=O)c1ccco1)[C@H]1CC[C@@H](C)NCC1=O. The van der Waals surface area contributed by atoms with Crippen LogP contribution < -0.4 is 10.6 Å². The monoisotopic (exact) mass is 431 g/mol. The highest BCUT2D eigenvalue weighted by atomic mass is 16.3. The molecule has 2 amide bonds. The summed E-state index contributed by atoms with van der Waals surface area (Å²) in [4.78, 5) is 41.1. The van der Waals surface area contributed by atoms with Gasteiger partial charge in [-0.25, -0.2) is 0 Å². The van der Waals surface area contributed by atoms with Gasteiger partial charge in [0.25, 0.3) is 5.91 Å². The molecule has 2 N–H and O–H groups in total. The van der Waals surface area contributed by atoms with Gasteiger partial charge in [-0.2, -0.15) is 0 Å². The van der Waals surface area contributed by atoms with Crippen molar-refractivity contribution in [1.82, 2.24) is 15.5 Å². The van der Waals surface area contributed by atoms with Crippen molar-refractivity contribution in [2.24, 2.45) is 5.92 Å². The van der Waals surface area contributed by atoms with Gasteiger partial charge >= 0.3 is 0 Å². The van der Waals surface area contributed by atoms with Gasteiger partial charge in [0.1, 0.15) is 6.04 Å². The molecule has 7 nitrogen and oxygen atoms in total. The van der Waals surface area contributed by atoms with Crippen molar-refractivity contribution in [3.05, 3.63) is 24.2 Å². The number of amides is 2. The number of hydrogen-bond acceptors (Lipinski definition) is 5. The Hall–Kier alpha value is -2.15. The van der Waals surface area contributed by atoms with Gasteiger partial charge < -0.3 is 20.0 Å². The summed E-state index contributed by atoms with van der Waals surface area (Å²) in [6.07, 6.45) is 10.1. The third kappa shape index (κ3) is 6.42. The van der Waals surface area contributed by atoms with Crippen LogP contribution >= 0.6 is 0 Å². The van der Waals surface area contributed by atoms with Crippen LogP contribution in [0.15, 0.2) is 22.8 Å². The molecule has 31 heavy (non-hydrogen) atoms. The minimum Gasteiger partial charge on any atom is -0.459 e. The molecule has 7 heteroatoms. The lowest BCUT2D eigenvalue weighted by molar-refractivity contribution is -0.141. The van der Waals surface area contributed by atoms with Crippen molar-refractivity contribution in [3.63, 3.8) is 0 Å². The van der Waals surface area contributed by atoms with Crippen molar-refractivity contribution >= 4 is 17.6 Å². The summed E-state index contributed by atoms with van der Waals surface area (Å²) >= 11 is 0. The molecule has 1 saturated carbocycles. The van der Waals surface area contributed by atoms with Crippen LogP contribution in [0.25, 0.3) is 0 Å². The molecule has 0 aromatic carbocycles. The molecule has 0 bridgehead atoms. The molecular weight excluding hydrogens is 394 g/mol. The average Bonchev–Trinajstić information content (AvgIpc) is 3.26. The van der Waals surface area contributed by atoms with Crippen LogP contribution in [0.5, 0.6) is 0 Å². The molecule has 0 spiro atoms. The summed E-state index contributed by atoms with van der Waals surface area (Å²) in [6, 6.07) is 2.44. The van der Waals surface area contributed by atoms with E-state index in [0.29, 0.717) is 25.3 Å². The number of carbonyl (C=O) groups excluding carboxylic acids is 3. The summed E-state index contributed by atoms with van der Waals surface area (Å²) in [5.74, 6) is 0.153.